The van der Waals surface area contributed by atoms with E-state index in [1.807, 2.05) is 0 Å². The number of carbonyl (C=O) groups is 1. The predicted octanol–water partition coefficient (Wildman–Crippen LogP) is 0.846. The van der Waals surface area contributed by atoms with Crippen molar-refractivity contribution in [2.75, 3.05) is 0 Å². The molecule has 58 valence electrons. The fraction of sp³-hybridized carbons (Fsp3) is 0.125. The van der Waals surface area contributed by atoms with E-state index in [0.717, 1.165) is 5.76 Å². The molecule has 0 aromatic carbocycles. The molecule has 1 heterocycles. The van der Waals surface area contributed by atoms with Crippen LogP contribution in [0.4, 0.5) is 0 Å². The van der Waals surface area contributed by atoms with E-state index >= 15 is 0 Å². The fourth-order valence-corrected chi connectivity index (χ4v) is 0.773. The van der Waals surface area contributed by atoms with Gasteiger partial charge in [0.1, 0.15) is 5.76 Å². The van der Waals surface area contributed by atoms with E-state index < -0.39 is 0 Å². The molecule has 1 rings (SSSR count). The van der Waals surface area contributed by atoms with Crippen molar-refractivity contribution in [3.05, 3.63) is 35.9 Å². The van der Waals surface area contributed by atoms with Crippen molar-refractivity contribution in [1.82, 2.24) is 0 Å². The molecule has 0 aromatic heterocycles. The van der Waals surface area contributed by atoms with Crippen molar-refractivity contribution in [3.8, 4) is 0 Å². The standard InChI is InChI=1S/C8H9NO2/c9-5-1-2-7-3-4-8(6-10)11-7/h1-2,4-6H,3,9H2/b5-1-,7-2+. The molecule has 0 saturated carbocycles. The van der Waals surface area contributed by atoms with Gasteiger partial charge in [-0.3, -0.25) is 4.79 Å². The molecule has 11 heavy (non-hydrogen) atoms. The quantitative estimate of drug-likeness (QED) is 0.595. The van der Waals surface area contributed by atoms with Gasteiger partial charge in [-0.1, -0.05) is 0 Å². The number of allylic oxidation sites excluding steroid dienone is 4. The molecule has 0 aliphatic carbocycles. The van der Waals surface area contributed by atoms with E-state index in [1.54, 1.807) is 18.2 Å². The summed E-state index contributed by atoms with van der Waals surface area (Å²) in [5.74, 6) is 1.12. The Morgan fingerprint density at radius 2 is 2.45 bits per heavy atom. The highest BCUT2D eigenvalue weighted by Crippen LogP contribution is 2.18. The van der Waals surface area contributed by atoms with Gasteiger partial charge in [0, 0.05) is 6.42 Å². The number of carbonyl (C=O) groups excluding carboxylic acids is 1. The van der Waals surface area contributed by atoms with Crippen molar-refractivity contribution in [3.63, 3.8) is 0 Å². The average molecular weight is 151 g/mol. The summed E-state index contributed by atoms with van der Waals surface area (Å²) in [5.41, 5.74) is 5.11. The predicted molar refractivity (Wildman–Crippen MR) is 41.3 cm³/mol. The van der Waals surface area contributed by atoms with Crippen LogP contribution in [0.15, 0.2) is 35.9 Å². The van der Waals surface area contributed by atoms with Crippen LogP contribution in [0.25, 0.3) is 0 Å². The summed E-state index contributed by atoms with van der Waals surface area (Å²) >= 11 is 0. The molecule has 1 aliphatic heterocycles. The highest BCUT2D eigenvalue weighted by atomic mass is 16.5. The first-order valence-corrected chi connectivity index (χ1v) is 3.27. The van der Waals surface area contributed by atoms with Gasteiger partial charge < -0.3 is 10.5 Å². The lowest BCUT2D eigenvalue weighted by Crippen LogP contribution is -1.84. The van der Waals surface area contributed by atoms with Gasteiger partial charge in [-0.05, 0) is 24.4 Å². The van der Waals surface area contributed by atoms with Gasteiger partial charge in [0.25, 0.3) is 0 Å². The van der Waals surface area contributed by atoms with Crippen molar-refractivity contribution in [1.29, 1.82) is 0 Å². The molecule has 0 bridgehead atoms. The Kier molecular flexibility index (Phi) is 2.49. The number of rotatable bonds is 2. The second-order valence-corrected chi connectivity index (χ2v) is 2.05. The van der Waals surface area contributed by atoms with Crippen molar-refractivity contribution in [2.24, 2.45) is 5.73 Å². The van der Waals surface area contributed by atoms with Crippen LogP contribution in [-0.4, -0.2) is 6.29 Å². The van der Waals surface area contributed by atoms with E-state index in [9.17, 15) is 4.79 Å². The molecule has 0 fully saturated rings. The summed E-state index contributed by atoms with van der Waals surface area (Å²) in [7, 11) is 0. The van der Waals surface area contributed by atoms with E-state index in [0.29, 0.717) is 18.5 Å². The zero-order valence-electron chi connectivity index (χ0n) is 5.99. The van der Waals surface area contributed by atoms with Gasteiger partial charge in [0.2, 0.25) is 0 Å². The largest absolute Gasteiger partial charge is 0.458 e. The minimum absolute atomic E-state index is 0.377. The Morgan fingerprint density at radius 3 is 3.00 bits per heavy atom. The van der Waals surface area contributed by atoms with Crippen LogP contribution in [-0.2, 0) is 9.53 Å². The Morgan fingerprint density at radius 1 is 1.64 bits per heavy atom. The maximum atomic E-state index is 10.2. The molecule has 0 amide bonds. The van der Waals surface area contributed by atoms with Crippen LogP contribution in [0.5, 0.6) is 0 Å². The van der Waals surface area contributed by atoms with Crippen LogP contribution in [0.1, 0.15) is 6.42 Å². The lowest BCUT2D eigenvalue weighted by Gasteiger charge is -1.95. The summed E-state index contributed by atoms with van der Waals surface area (Å²) in [6.07, 6.45) is 7.88. The number of ether oxygens (including phenoxy) is 1. The first kappa shape index (κ1) is 7.60. The second-order valence-electron chi connectivity index (χ2n) is 2.05. The van der Waals surface area contributed by atoms with Crippen LogP contribution in [0.2, 0.25) is 0 Å². The Hall–Kier alpha value is -1.51. The van der Waals surface area contributed by atoms with Gasteiger partial charge in [-0.2, -0.15) is 0 Å². The van der Waals surface area contributed by atoms with Crippen molar-refractivity contribution in [2.45, 2.75) is 6.42 Å². The zero-order chi connectivity index (χ0) is 8.10. The molecular formula is C8H9NO2. The number of hydrogen-bond acceptors (Lipinski definition) is 3. The van der Waals surface area contributed by atoms with E-state index in [2.05, 4.69) is 0 Å². The second kappa shape index (κ2) is 3.61. The SMILES string of the molecule is N/C=C\C=C1/CC=C(C=O)O1. The molecule has 3 nitrogen and oxygen atoms in total. The van der Waals surface area contributed by atoms with E-state index in [1.165, 1.54) is 6.20 Å². The first-order chi connectivity index (χ1) is 5.36. The smallest absolute Gasteiger partial charge is 0.184 e. The Balaban J connectivity index is 2.53. The highest BCUT2D eigenvalue weighted by molar-refractivity contribution is 5.71. The number of nitrogens with two attached hydrogens (primary N) is 1. The lowest BCUT2D eigenvalue weighted by molar-refractivity contribution is -0.107. The molecule has 0 aromatic rings. The van der Waals surface area contributed by atoms with Gasteiger partial charge in [0.15, 0.2) is 12.0 Å². The average Bonchev–Trinajstić information content (AvgIpc) is 2.48. The molecule has 0 spiro atoms. The van der Waals surface area contributed by atoms with Crippen LogP contribution < -0.4 is 5.73 Å². The maximum absolute atomic E-state index is 10.2. The summed E-state index contributed by atoms with van der Waals surface area (Å²) in [5, 5.41) is 0. The van der Waals surface area contributed by atoms with Gasteiger partial charge in [0.05, 0.1) is 0 Å². The molecular weight excluding hydrogens is 142 g/mol. The summed E-state index contributed by atoms with van der Waals surface area (Å²) in [6.45, 7) is 0. The third kappa shape index (κ3) is 1.97. The van der Waals surface area contributed by atoms with Crippen LogP contribution in [0, 0.1) is 0 Å². The van der Waals surface area contributed by atoms with Crippen LogP contribution >= 0.6 is 0 Å². The molecule has 0 radical (unpaired) electrons. The molecule has 2 N–H and O–H groups in total. The number of aldehydes is 1. The van der Waals surface area contributed by atoms with Crippen molar-refractivity contribution < 1.29 is 9.53 Å². The highest BCUT2D eigenvalue weighted by Gasteiger charge is 2.08. The zero-order valence-corrected chi connectivity index (χ0v) is 5.99. The van der Waals surface area contributed by atoms with Gasteiger partial charge in [-0.15, -0.1) is 0 Å². The van der Waals surface area contributed by atoms with Gasteiger partial charge >= 0.3 is 0 Å². The molecule has 0 saturated heterocycles. The third-order valence-electron chi connectivity index (χ3n) is 1.26. The normalized spacial score (nSPS) is 20.4. The third-order valence-corrected chi connectivity index (χ3v) is 1.26. The summed E-state index contributed by atoms with van der Waals surface area (Å²) in [4.78, 5) is 10.2. The Bertz CT molecular complexity index is 238. The summed E-state index contributed by atoms with van der Waals surface area (Å²) < 4.78 is 5.06. The fourth-order valence-electron chi connectivity index (χ4n) is 0.773. The summed E-state index contributed by atoms with van der Waals surface area (Å²) in [6, 6.07) is 0. The molecule has 1 aliphatic rings. The van der Waals surface area contributed by atoms with Gasteiger partial charge in [-0.25, -0.2) is 0 Å². The first-order valence-electron chi connectivity index (χ1n) is 3.27. The lowest BCUT2D eigenvalue weighted by atomic mass is 10.3. The van der Waals surface area contributed by atoms with E-state index in [4.69, 9.17) is 10.5 Å². The molecule has 0 atom stereocenters. The topological polar surface area (TPSA) is 52.3 Å². The van der Waals surface area contributed by atoms with Crippen LogP contribution in [0.3, 0.4) is 0 Å². The monoisotopic (exact) mass is 151 g/mol. The number of hydrogen-bond donors (Lipinski definition) is 1. The minimum atomic E-state index is 0.377. The minimum Gasteiger partial charge on any atom is -0.458 e. The molecule has 3 heteroatoms. The maximum Gasteiger partial charge on any atom is 0.184 e. The Labute approximate surface area is 64.8 Å². The van der Waals surface area contributed by atoms with E-state index in [-0.39, 0.29) is 0 Å². The molecule has 0 unspecified atom stereocenters. The van der Waals surface area contributed by atoms with Crippen molar-refractivity contribution >= 4 is 6.29 Å².